The van der Waals surface area contributed by atoms with E-state index >= 15 is 0 Å². The molecule has 0 rings (SSSR count). The Labute approximate surface area is 101 Å². The Hall–Kier alpha value is 0.1000. The summed E-state index contributed by atoms with van der Waals surface area (Å²) in [6, 6.07) is 0. The number of hydrogen-bond acceptors (Lipinski definition) is 2. The maximum Gasteiger partial charge on any atom is 0.417 e. The molecule has 0 unspecified atom stereocenters. The fraction of sp³-hybridized carbons (Fsp3) is 0.889. The predicted octanol–water partition coefficient (Wildman–Crippen LogP) is 3.71. The van der Waals surface area contributed by atoms with Crippen LogP contribution in [0, 0.1) is 0 Å². The Morgan fingerprint density at radius 3 is 2.27 bits per heavy atom. The number of carbonyl (C=O) groups excluding carboxylic acids is 1. The molecule has 0 bridgehead atoms. The van der Waals surface area contributed by atoms with E-state index in [2.05, 4.69) is 32.3 Å². The zero-order valence-electron chi connectivity index (χ0n) is 8.28. The maximum atomic E-state index is 12.1. The van der Waals surface area contributed by atoms with Gasteiger partial charge in [0.05, 0.1) is 6.61 Å². The number of esters is 1. The number of ether oxygens (including phenoxy) is 1. The highest BCUT2D eigenvalue weighted by atomic mass is 79.9. The van der Waals surface area contributed by atoms with Crippen LogP contribution in [0.25, 0.3) is 0 Å². The van der Waals surface area contributed by atoms with Gasteiger partial charge in [0.2, 0.25) is 0 Å². The lowest BCUT2D eigenvalue weighted by molar-refractivity contribution is -0.161. The normalized spacial score (nSPS) is 11.5. The summed E-state index contributed by atoms with van der Waals surface area (Å²) in [6.07, 6.45) is 4.67. The van der Waals surface area contributed by atoms with Gasteiger partial charge in [-0.15, -0.1) is 0 Å². The van der Waals surface area contributed by atoms with Gasteiger partial charge in [0.15, 0.2) is 0 Å². The molecule has 0 aliphatic heterocycles. The molecule has 6 heteroatoms. The van der Waals surface area contributed by atoms with Gasteiger partial charge < -0.3 is 4.74 Å². The van der Waals surface area contributed by atoms with Gasteiger partial charge in [0, 0.05) is 5.33 Å². The molecule has 0 aliphatic rings. The molecule has 0 N–H and O–H groups in total. The molecule has 0 heterocycles. The van der Waals surface area contributed by atoms with Crippen molar-refractivity contribution in [3.8, 4) is 0 Å². The first-order chi connectivity index (χ1) is 6.98. The molecule has 0 saturated heterocycles. The Bertz CT molecular complexity index is 185. The number of halogens is 4. The summed E-state index contributed by atoms with van der Waals surface area (Å²) in [5.74, 6) is -1.66. The van der Waals surface area contributed by atoms with Crippen molar-refractivity contribution in [1.29, 1.82) is 0 Å². The van der Waals surface area contributed by atoms with Crippen LogP contribution >= 0.6 is 27.5 Å². The van der Waals surface area contributed by atoms with Crippen LogP contribution in [0.3, 0.4) is 0 Å². The van der Waals surface area contributed by atoms with Gasteiger partial charge in [-0.25, -0.2) is 4.79 Å². The van der Waals surface area contributed by atoms with E-state index in [-0.39, 0.29) is 6.61 Å². The maximum absolute atomic E-state index is 12.1. The quantitative estimate of drug-likeness (QED) is 0.388. The molecule has 0 atom stereocenters. The minimum atomic E-state index is -3.89. The van der Waals surface area contributed by atoms with Crippen LogP contribution < -0.4 is 0 Å². The first-order valence-corrected chi connectivity index (χ1v) is 6.28. The van der Waals surface area contributed by atoms with Crippen molar-refractivity contribution in [3.05, 3.63) is 0 Å². The molecule has 2 nitrogen and oxygen atoms in total. The molecule has 90 valence electrons. The van der Waals surface area contributed by atoms with E-state index in [1.807, 2.05) is 0 Å². The van der Waals surface area contributed by atoms with Crippen molar-refractivity contribution in [3.63, 3.8) is 0 Å². The second-order valence-corrected chi connectivity index (χ2v) is 4.36. The van der Waals surface area contributed by atoms with Gasteiger partial charge >= 0.3 is 11.4 Å². The number of hydrogen-bond donors (Lipinski definition) is 0. The van der Waals surface area contributed by atoms with Crippen molar-refractivity contribution >= 4 is 33.5 Å². The van der Waals surface area contributed by atoms with E-state index in [4.69, 9.17) is 0 Å². The van der Waals surface area contributed by atoms with Crippen LogP contribution in [-0.4, -0.2) is 23.3 Å². The summed E-state index contributed by atoms with van der Waals surface area (Å²) in [6.45, 7) is 0.00938. The average molecular weight is 308 g/mol. The van der Waals surface area contributed by atoms with Crippen LogP contribution in [0.1, 0.15) is 32.1 Å². The van der Waals surface area contributed by atoms with Gasteiger partial charge in [-0.1, -0.05) is 35.2 Å². The summed E-state index contributed by atoms with van der Waals surface area (Å²) in [4.78, 5) is 10.5. The Balaban J connectivity index is 3.28. The lowest BCUT2D eigenvalue weighted by Gasteiger charge is -2.07. The number of alkyl halides is 4. The average Bonchev–Trinajstić information content (AvgIpc) is 2.14. The number of unbranched alkanes of at least 4 members (excludes halogenated alkanes) is 4. The molecule has 15 heavy (non-hydrogen) atoms. The molecule has 0 fully saturated rings. The summed E-state index contributed by atoms with van der Waals surface area (Å²) in [5.41, 5.74) is 0. The summed E-state index contributed by atoms with van der Waals surface area (Å²) in [5, 5.41) is -2.92. The van der Waals surface area contributed by atoms with Gasteiger partial charge in [0.1, 0.15) is 0 Å². The second-order valence-electron chi connectivity index (χ2n) is 3.09. The Morgan fingerprint density at radius 1 is 1.20 bits per heavy atom. The van der Waals surface area contributed by atoms with Crippen LogP contribution in [0.15, 0.2) is 0 Å². The number of carbonyl (C=O) groups is 1. The first-order valence-electron chi connectivity index (χ1n) is 4.78. The first kappa shape index (κ1) is 15.1. The molecule has 0 amide bonds. The Morgan fingerprint density at radius 2 is 1.73 bits per heavy atom. The minimum absolute atomic E-state index is 0.00938. The number of rotatable bonds is 8. The molecular weight excluding hydrogens is 293 g/mol. The van der Waals surface area contributed by atoms with Crippen molar-refractivity contribution in [2.45, 2.75) is 37.5 Å². The zero-order valence-corrected chi connectivity index (χ0v) is 10.6. The Kier molecular flexibility index (Phi) is 8.33. The van der Waals surface area contributed by atoms with Crippen molar-refractivity contribution in [2.75, 3.05) is 11.9 Å². The van der Waals surface area contributed by atoms with Gasteiger partial charge in [-0.05, 0) is 24.4 Å². The van der Waals surface area contributed by atoms with Crippen LogP contribution in [0.2, 0.25) is 0 Å². The predicted molar refractivity (Wildman–Crippen MR) is 58.6 cm³/mol. The van der Waals surface area contributed by atoms with E-state index in [0.29, 0.717) is 6.42 Å². The fourth-order valence-corrected chi connectivity index (χ4v) is 1.42. The third-order valence-corrected chi connectivity index (χ3v) is 2.46. The summed E-state index contributed by atoms with van der Waals surface area (Å²) >= 11 is 7.76. The van der Waals surface area contributed by atoms with Gasteiger partial charge in [-0.3, -0.25) is 0 Å². The molecule has 0 spiro atoms. The molecular formula is C9H14BrClF2O2. The van der Waals surface area contributed by atoms with Crippen LogP contribution in [0.5, 0.6) is 0 Å². The molecule has 0 radical (unpaired) electrons. The van der Waals surface area contributed by atoms with E-state index in [9.17, 15) is 13.6 Å². The molecule has 0 aromatic heterocycles. The van der Waals surface area contributed by atoms with Crippen molar-refractivity contribution in [2.24, 2.45) is 0 Å². The zero-order chi connectivity index (χ0) is 11.7. The highest BCUT2D eigenvalue weighted by molar-refractivity contribution is 9.09. The summed E-state index contributed by atoms with van der Waals surface area (Å²) in [7, 11) is 0. The highest BCUT2D eigenvalue weighted by Gasteiger charge is 2.37. The molecule has 0 aromatic rings. The van der Waals surface area contributed by atoms with E-state index in [1.165, 1.54) is 0 Å². The van der Waals surface area contributed by atoms with Gasteiger partial charge in [-0.2, -0.15) is 8.78 Å². The van der Waals surface area contributed by atoms with Crippen molar-refractivity contribution < 1.29 is 18.3 Å². The van der Waals surface area contributed by atoms with Crippen molar-refractivity contribution in [1.82, 2.24) is 0 Å². The lowest BCUT2D eigenvalue weighted by Crippen LogP contribution is -2.24. The third kappa shape index (κ3) is 9.05. The van der Waals surface area contributed by atoms with Crippen LogP contribution in [-0.2, 0) is 9.53 Å². The van der Waals surface area contributed by atoms with E-state index in [0.717, 1.165) is 31.0 Å². The van der Waals surface area contributed by atoms with Gasteiger partial charge in [0.25, 0.3) is 0 Å². The molecule has 0 aromatic carbocycles. The topological polar surface area (TPSA) is 26.3 Å². The monoisotopic (exact) mass is 306 g/mol. The lowest BCUT2D eigenvalue weighted by atomic mass is 10.2. The SMILES string of the molecule is O=C(OCCCCCCCBr)C(F)(F)Cl. The standard InChI is InChI=1S/C9H14BrClF2O2/c10-6-4-2-1-3-5-7-15-8(14)9(11,12)13/h1-7H2. The minimum Gasteiger partial charge on any atom is -0.460 e. The summed E-state index contributed by atoms with van der Waals surface area (Å²) < 4.78 is 28.4. The third-order valence-electron chi connectivity index (χ3n) is 1.74. The highest BCUT2D eigenvalue weighted by Crippen LogP contribution is 2.20. The molecule has 0 saturated carbocycles. The smallest absolute Gasteiger partial charge is 0.417 e. The largest absolute Gasteiger partial charge is 0.460 e. The van der Waals surface area contributed by atoms with E-state index in [1.54, 1.807) is 0 Å². The van der Waals surface area contributed by atoms with Crippen LogP contribution in [0.4, 0.5) is 8.78 Å². The fourth-order valence-electron chi connectivity index (χ4n) is 0.974. The second kappa shape index (κ2) is 8.28. The molecule has 0 aliphatic carbocycles. The van der Waals surface area contributed by atoms with E-state index < -0.39 is 11.4 Å².